The Morgan fingerprint density at radius 3 is 2.44 bits per heavy atom. The molecule has 2 amide bonds. The molecule has 2 N–H and O–H groups in total. The van der Waals surface area contributed by atoms with Crippen LogP contribution in [-0.2, 0) is 11.8 Å². The molecule has 0 unspecified atom stereocenters. The molecule has 3 rings (SSSR count). The molecule has 1 fully saturated rings. The highest BCUT2D eigenvalue weighted by Crippen LogP contribution is 2.45. The minimum absolute atomic E-state index is 0.118. The van der Waals surface area contributed by atoms with Crippen LogP contribution in [0, 0.1) is 24.1 Å². The number of aromatic nitrogens is 1. The zero-order valence-corrected chi connectivity index (χ0v) is 18.0. The van der Waals surface area contributed by atoms with Crippen molar-refractivity contribution in [3.8, 4) is 6.07 Å². The number of hydrogen-bond acceptors (Lipinski definition) is 4. The molecule has 0 saturated heterocycles. The Labute approximate surface area is 186 Å². The van der Waals surface area contributed by atoms with Gasteiger partial charge in [0.05, 0.1) is 16.1 Å². The van der Waals surface area contributed by atoms with Crippen molar-refractivity contribution in [2.24, 2.45) is 7.05 Å². The molecule has 0 radical (unpaired) electrons. The Morgan fingerprint density at radius 2 is 1.88 bits per heavy atom. The zero-order valence-electron chi connectivity index (χ0n) is 17.3. The van der Waals surface area contributed by atoms with Crippen molar-refractivity contribution in [2.45, 2.75) is 38.2 Å². The topological polar surface area (TPSA) is 104 Å². The molecule has 2 aromatic rings. The fourth-order valence-corrected chi connectivity index (χ4v) is 4.21. The van der Waals surface area contributed by atoms with Gasteiger partial charge in [-0.25, -0.2) is 13.2 Å². The molecule has 1 heterocycles. The Bertz CT molecular complexity index is 1190. The lowest BCUT2D eigenvalue weighted by atomic mass is 9.75. The van der Waals surface area contributed by atoms with E-state index in [2.05, 4.69) is 10.6 Å². The van der Waals surface area contributed by atoms with Crippen LogP contribution < -0.4 is 10.6 Å². The minimum atomic E-state index is -2.90. The van der Waals surface area contributed by atoms with Gasteiger partial charge in [0.2, 0.25) is 0 Å². The van der Waals surface area contributed by atoms with Gasteiger partial charge in [-0.2, -0.15) is 5.26 Å². The van der Waals surface area contributed by atoms with Crippen molar-refractivity contribution < 1.29 is 27.6 Å². The summed E-state index contributed by atoms with van der Waals surface area (Å²) in [6.07, 6.45) is -1.17. The van der Waals surface area contributed by atoms with Crippen LogP contribution in [0.5, 0.6) is 0 Å². The number of alkyl halides is 2. The van der Waals surface area contributed by atoms with E-state index in [9.17, 15) is 27.6 Å². The molecule has 0 aliphatic heterocycles. The van der Waals surface area contributed by atoms with Gasteiger partial charge in [0, 0.05) is 36.8 Å². The van der Waals surface area contributed by atoms with Gasteiger partial charge in [-0.3, -0.25) is 14.4 Å². The molecule has 7 nitrogen and oxygen atoms in total. The summed E-state index contributed by atoms with van der Waals surface area (Å²) >= 11 is 6.27. The lowest BCUT2D eigenvalue weighted by Crippen LogP contribution is -2.61. The van der Waals surface area contributed by atoms with Gasteiger partial charge >= 0.3 is 0 Å². The molecule has 1 aromatic heterocycles. The van der Waals surface area contributed by atoms with Gasteiger partial charge in [-0.05, 0) is 32.0 Å². The fraction of sp³-hybridized carbons (Fsp3) is 0.333. The van der Waals surface area contributed by atoms with E-state index in [0.29, 0.717) is 0 Å². The standard InChI is InChI=1S/C21H18ClF3N4O3/c1-10-14(17(30)19(32)28-20(2)8-21(24,25)9-20)15(22)16(29(10)3)18(31)27-12-4-5-13(23)11(6-12)7-26/h4-6H,8-9H2,1-3H3,(H,27,31)(H,28,32). The summed E-state index contributed by atoms with van der Waals surface area (Å²) in [5.74, 6) is -6.59. The summed E-state index contributed by atoms with van der Waals surface area (Å²) in [4.78, 5) is 37.9. The number of halogens is 4. The Morgan fingerprint density at radius 1 is 1.25 bits per heavy atom. The smallest absolute Gasteiger partial charge is 0.292 e. The van der Waals surface area contributed by atoms with E-state index in [0.717, 1.165) is 12.1 Å². The molecule has 32 heavy (non-hydrogen) atoms. The third-order valence-electron chi connectivity index (χ3n) is 5.33. The summed E-state index contributed by atoms with van der Waals surface area (Å²) < 4.78 is 41.2. The molecule has 1 aliphatic rings. The average Bonchev–Trinajstić information content (AvgIpc) is 2.89. The van der Waals surface area contributed by atoms with Crippen LogP contribution in [0.3, 0.4) is 0 Å². The van der Waals surface area contributed by atoms with Crippen LogP contribution in [0.1, 0.15) is 51.9 Å². The summed E-state index contributed by atoms with van der Waals surface area (Å²) in [7, 11) is 1.45. The predicted octanol–water partition coefficient (Wildman–Crippen LogP) is 3.74. The second-order valence-electron chi connectivity index (χ2n) is 8.00. The largest absolute Gasteiger partial charge is 0.344 e. The average molecular weight is 467 g/mol. The van der Waals surface area contributed by atoms with E-state index in [1.807, 2.05) is 0 Å². The minimum Gasteiger partial charge on any atom is -0.344 e. The highest BCUT2D eigenvalue weighted by Gasteiger charge is 2.55. The monoisotopic (exact) mass is 466 g/mol. The van der Waals surface area contributed by atoms with E-state index in [1.54, 1.807) is 6.07 Å². The number of nitrogens with one attached hydrogen (secondary N) is 2. The number of hydrogen-bond donors (Lipinski definition) is 2. The summed E-state index contributed by atoms with van der Waals surface area (Å²) in [6, 6.07) is 5.03. The van der Waals surface area contributed by atoms with Gasteiger partial charge in [-0.15, -0.1) is 0 Å². The molecule has 11 heteroatoms. The van der Waals surface area contributed by atoms with Crippen molar-refractivity contribution in [2.75, 3.05) is 5.32 Å². The maximum atomic E-state index is 13.5. The second-order valence-corrected chi connectivity index (χ2v) is 8.37. The number of ketones is 1. The summed E-state index contributed by atoms with van der Waals surface area (Å²) in [6.45, 7) is 2.88. The molecule has 1 aliphatic carbocycles. The molecule has 1 aromatic carbocycles. The molecule has 0 atom stereocenters. The first-order valence-electron chi connectivity index (χ1n) is 9.39. The fourth-order valence-electron chi connectivity index (χ4n) is 3.78. The number of nitrogens with zero attached hydrogens (tertiary/aromatic N) is 2. The molecule has 0 bridgehead atoms. The van der Waals surface area contributed by atoms with Crippen LogP contribution >= 0.6 is 11.6 Å². The number of Topliss-reactive ketones (excluding diaryl/α,β-unsaturated/α-hetero) is 1. The highest BCUT2D eigenvalue weighted by molar-refractivity contribution is 6.48. The molecular formula is C21H18ClF3N4O3. The maximum Gasteiger partial charge on any atom is 0.292 e. The Hall–Kier alpha value is -3.32. The highest BCUT2D eigenvalue weighted by atomic mass is 35.5. The lowest BCUT2D eigenvalue weighted by Gasteiger charge is -2.45. The Balaban J connectivity index is 1.85. The number of carbonyl (C=O) groups excluding carboxylic acids is 3. The van der Waals surface area contributed by atoms with Gasteiger partial charge in [0.15, 0.2) is 0 Å². The van der Waals surface area contributed by atoms with Gasteiger partial charge in [0.25, 0.3) is 23.5 Å². The third kappa shape index (κ3) is 4.21. The van der Waals surface area contributed by atoms with Crippen molar-refractivity contribution in [3.05, 3.63) is 51.6 Å². The number of carbonyl (C=O) groups is 3. The zero-order chi connectivity index (χ0) is 24.0. The summed E-state index contributed by atoms with van der Waals surface area (Å²) in [5, 5.41) is 13.4. The van der Waals surface area contributed by atoms with Crippen LogP contribution in [-0.4, -0.2) is 33.6 Å². The number of benzene rings is 1. The molecule has 1 saturated carbocycles. The maximum absolute atomic E-state index is 13.5. The molecule has 168 valence electrons. The van der Waals surface area contributed by atoms with Crippen LogP contribution in [0.4, 0.5) is 18.9 Å². The number of amides is 2. The summed E-state index contributed by atoms with van der Waals surface area (Å²) in [5.41, 5.74) is -1.55. The van der Waals surface area contributed by atoms with Crippen molar-refractivity contribution in [1.29, 1.82) is 5.26 Å². The predicted molar refractivity (Wildman–Crippen MR) is 109 cm³/mol. The quantitative estimate of drug-likeness (QED) is 0.517. The molecule has 0 spiro atoms. The van der Waals surface area contributed by atoms with E-state index >= 15 is 0 Å². The molecular weight excluding hydrogens is 449 g/mol. The van der Waals surface area contributed by atoms with Crippen molar-refractivity contribution in [3.63, 3.8) is 0 Å². The first-order chi connectivity index (χ1) is 14.8. The lowest BCUT2D eigenvalue weighted by molar-refractivity contribution is -0.140. The third-order valence-corrected chi connectivity index (χ3v) is 5.70. The van der Waals surface area contributed by atoms with Crippen LogP contribution in [0.2, 0.25) is 5.02 Å². The number of rotatable bonds is 5. The van der Waals surface area contributed by atoms with Gasteiger partial charge in [-0.1, -0.05) is 11.6 Å². The number of anilines is 1. The van der Waals surface area contributed by atoms with Gasteiger partial charge in [0.1, 0.15) is 17.6 Å². The van der Waals surface area contributed by atoms with E-state index in [-0.39, 0.29) is 33.2 Å². The van der Waals surface area contributed by atoms with Crippen LogP contribution in [0.25, 0.3) is 0 Å². The van der Waals surface area contributed by atoms with Crippen LogP contribution in [0.15, 0.2) is 18.2 Å². The number of nitriles is 1. The first kappa shape index (κ1) is 23.3. The van der Waals surface area contributed by atoms with Gasteiger partial charge < -0.3 is 15.2 Å². The first-order valence-corrected chi connectivity index (χ1v) is 9.77. The van der Waals surface area contributed by atoms with Crippen molar-refractivity contribution >= 4 is 34.9 Å². The van der Waals surface area contributed by atoms with E-state index < -0.39 is 47.7 Å². The second kappa shape index (κ2) is 7.98. The van der Waals surface area contributed by atoms with Crippen molar-refractivity contribution in [1.82, 2.24) is 9.88 Å². The Kier molecular flexibility index (Phi) is 5.82. The SMILES string of the molecule is Cc1c(C(=O)C(=O)NC2(C)CC(F)(F)C2)c(Cl)c(C(=O)Nc2ccc(F)c(C#N)c2)n1C. The van der Waals surface area contributed by atoms with E-state index in [1.165, 1.54) is 31.5 Å². The van der Waals surface area contributed by atoms with E-state index in [4.69, 9.17) is 16.9 Å². The normalized spacial score (nSPS) is 15.9.